The Hall–Kier alpha value is -2.04. The summed E-state index contributed by atoms with van der Waals surface area (Å²) in [7, 11) is 3.30. The fraction of sp³-hybridized carbons (Fsp3) is 0.385. The quantitative estimate of drug-likeness (QED) is 0.854. The molecule has 0 aromatic heterocycles. The summed E-state index contributed by atoms with van der Waals surface area (Å²) in [5.74, 6) is -0.144. The smallest absolute Gasteiger partial charge is 0.319 e. The summed E-state index contributed by atoms with van der Waals surface area (Å²) in [4.78, 5) is 24.7. The maximum Gasteiger partial charge on any atom is 0.319 e. The van der Waals surface area contributed by atoms with Crippen LogP contribution in [0.15, 0.2) is 24.3 Å². The Kier molecular flexibility index (Phi) is 4.71. The third kappa shape index (κ3) is 4.08. The topological polar surface area (TPSA) is 61.4 Å². The van der Waals surface area contributed by atoms with Gasteiger partial charge in [0.15, 0.2) is 0 Å². The standard InChI is InChI=1S/C13H19N3O2/c1-9-6-5-7-11(8-9)15-13(18)14-10(2)12(17)16(3)4/h5-8,10H,1-4H3,(H2,14,15,18). The van der Waals surface area contributed by atoms with Gasteiger partial charge in [-0.05, 0) is 31.5 Å². The summed E-state index contributed by atoms with van der Waals surface area (Å²) in [6, 6.07) is 6.53. The van der Waals surface area contributed by atoms with E-state index in [0.29, 0.717) is 5.69 Å². The van der Waals surface area contributed by atoms with Crippen molar-refractivity contribution in [3.05, 3.63) is 29.8 Å². The minimum atomic E-state index is -0.551. The molecule has 5 nitrogen and oxygen atoms in total. The SMILES string of the molecule is Cc1cccc(NC(=O)NC(C)C(=O)N(C)C)c1. The molecular formula is C13H19N3O2. The summed E-state index contributed by atoms with van der Waals surface area (Å²) in [5, 5.41) is 5.27. The molecule has 3 amide bonds. The molecule has 0 aliphatic heterocycles. The predicted molar refractivity (Wildman–Crippen MR) is 71.5 cm³/mol. The molecule has 98 valence electrons. The van der Waals surface area contributed by atoms with Crippen LogP contribution in [0.25, 0.3) is 0 Å². The molecule has 1 aromatic carbocycles. The van der Waals surface area contributed by atoms with Crippen LogP contribution >= 0.6 is 0 Å². The zero-order valence-electron chi connectivity index (χ0n) is 11.2. The number of amides is 3. The number of benzene rings is 1. The molecule has 1 atom stereocenters. The first-order chi connectivity index (χ1) is 8.40. The van der Waals surface area contributed by atoms with Crippen molar-refractivity contribution in [2.24, 2.45) is 0 Å². The Balaban J connectivity index is 2.54. The van der Waals surface area contributed by atoms with E-state index in [1.54, 1.807) is 27.1 Å². The third-order valence-electron chi connectivity index (χ3n) is 2.43. The Labute approximate surface area is 107 Å². The molecule has 0 spiro atoms. The number of nitrogens with one attached hydrogen (secondary N) is 2. The lowest BCUT2D eigenvalue weighted by atomic mass is 10.2. The van der Waals surface area contributed by atoms with Crippen molar-refractivity contribution in [2.45, 2.75) is 19.9 Å². The van der Waals surface area contributed by atoms with E-state index in [1.165, 1.54) is 4.90 Å². The van der Waals surface area contributed by atoms with Crippen LogP contribution in [-0.4, -0.2) is 37.0 Å². The molecule has 2 N–H and O–H groups in total. The predicted octanol–water partition coefficient (Wildman–Crippen LogP) is 1.59. The van der Waals surface area contributed by atoms with Crippen molar-refractivity contribution in [2.75, 3.05) is 19.4 Å². The van der Waals surface area contributed by atoms with Crippen molar-refractivity contribution >= 4 is 17.6 Å². The largest absolute Gasteiger partial charge is 0.347 e. The highest BCUT2D eigenvalue weighted by atomic mass is 16.2. The van der Waals surface area contributed by atoms with E-state index in [0.717, 1.165) is 5.56 Å². The van der Waals surface area contributed by atoms with Crippen LogP contribution in [0.2, 0.25) is 0 Å². The van der Waals surface area contributed by atoms with Crippen molar-refractivity contribution in [1.29, 1.82) is 0 Å². The highest BCUT2D eigenvalue weighted by molar-refractivity contribution is 5.93. The lowest BCUT2D eigenvalue weighted by molar-refractivity contribution is -0.130. The number of hydrogen-bond acceptors (Lipinski definition) is 2. The molecule has 0 aliphatic rings. The van der Waals surface area contributed by atoms with Crippen LogP contribution in [0, 0.1) is 6.92 Å². The number of hydrogen-bond donors (Lipinski definition) is 2. The monoisotopic (exact) mass is 249 g/mol. The van der Waals surface area contributed by atoms with Gasteiger partial charge in [0.2, 0.25) is 5.91 Å². The van der Waals surface area contributed by atoms with Gasteiger partial charge in [-0.2, -0.15) is 0 Å². The maximum atomic E-state index is 11.7. The van der Waals surface area contributed by atoms with Crippen LogP contribution in [-0.2, 0) is 4.79 Å². The van der Waals surface area contributed by atoms with Gasteiger partial charge in [-0.1, -0.05) is 12.1 Å². The van der Waals surface area contributed by atoms with Crippen LogP contribution in [0.3, 0.4) is 0 Å². The normalized spacial score (nSPS) is 11.6. The second-order valence-corrected chi connectivity index (χ2v) is 4.42. The van der Waals surface area contributed by atoms with Crippen molar-refractivity contribution in [1.82, 2.24) is 10.2 Å². The first-order valence-electron chi connectivity index (χ1n) is 5.75. The van der Waals surface area contributed by atoms with Crippen LogP contribution < -0.4 is 10.6 Å². The third-order valence-corrected chi connectivity index (χ3v) is 2.43. The van der Waals surface area contributed by atoms with Gasteiger partial charge >= 0.3 is 6.03 Å². The number of rotatable bonds is 3. The van der Waals surface area contributed by atoms with Crippen molar-refractivity contribution < 1.29 is 9.59 Å². The average Bonchev–Trinajstić information content (AvgIpc) is 2.27. The van der Waals surface area contributed by atoms with Gasteiger partial charge in [0.05, 0.1) is 0 Å². The zero-order valence-corrected chi connectivity index (χ0v) is 11.2. The molecular weight excluding hydrogens is 230 g/mol. The Bertz CT molecular complexity index is 444. The van der Waals surface area contributed by atoms with Gasteiger partial charge in [0.25, 0.3) is 0 Å². The van der Waals surface area contributed by atoms with Crippen LogP contribution in [0.4, 0.5) is 10.5 Å². The summed E-state index contributed by atoms with van der Waals surface area (Å²) < 4.78 is 0. The van der Waals surface area contributed by atoms with E-state index >= 15 is 0 Å². The molecule has 0 aliphatic carbocycles. The number of urea groups is 1. The fourth-order valence-electron chi connectivity index (χ4n) is 1.54. The molecule has 0 fully saturated rings. The van der Waals surface area contributed by atoms with E-state index in [1.807, 2.05) is 25.1 Å². The molecule has 0 saturated heterocycles. The van der Waals surface area contributed by atoms with Gasteiger partial charge in [0.1, 0.15) is 6.04 Å². The molecule has 0 bridgehead atoms. The molecule has 0 heterocycles. The number of carbonyl (C=O) groups is 2. The molecule has 18 heavy (non-hydrogen) atoms. The van der Waals surface area contributed by atoms with Crippen LogP contribution in [0.1, 0.15) is 12.5 Å². The molecule has 1 aromatic rings. The number of anilines is 1. The lowest BCUT2D eigenvalue weighted by Crippen LogP contribution is -2.45. The number of aryl methyl sites for hydroxylation is 1. The van der Waals surface area contributed by atoms with Crippen LogP contribution in [0.5, 0.6) is 0 Å². The zero-order chi connectivity index (χ0) is 13.7. The second-order valence-electron chi connectivity index (χ2n) is 4.42. The first kappa shape index (κ1) is 14.0. The average molecular weight is 249 g/mol. The van der Waals surface area contributed by atoms with Crippen molar-refractivity contribution in [3.8, 4) is 0 Å². The Morgan fingerprint density at radius 1 is 1.28 bits per heavy atom. The highest BCUT2D eigenvalue weighted by Gasteiger charge is 2.16. The van der Waals surface area contributed by atoms with E-state index in [9.17, 15) is 9.59 Å². The molecule has 0 radical (unpaired) electrons. The summed E-state index contributed by atoms with van der Waals surface area (Å²) in [6.45, 7) is 3.60. The number of likely N-dealkylation sites (N-methyl/N-ethyl adjacent to an activating group) is 1. The second kappa shape index (κ2) is 6.05. The van der Waals surface area contributed by atoms with E-state index < -0.39 is 6.04 Å². The minimum Gasteiger partial charge on any atom is -0.347 e. The molecule has 1 rings (SSSR count). The van der Waals surface area contributed by atoms with Gasteiger partial charge in [-0.15, -0.1) is 0 Å². The first-order valence-corrected chi connectivity index (χ1v) is 5.75. The minimum absolute atomic E-state index is 0.144. The molecule has 5 heteroatoms. The number of nitrogens with zero attached hydrogens (tertiary/aromatic N) is 1. The van der Waals surface area contributed by atoms with Gasteiger partial charge in [0, 0.05) is 19.8 Å². The lowest BCUT2D eigenvalue weighted by Gasteiger charge is -2.18. The van der Waals surface area contributed by atoms with E-state index in [4.69, 9.17) is 0 Å². The summed E-state index contributed by atoms with van der Waals surface area (Å²) in [6.07, 6.45) is 0. The Morgan fingerprint density at radius 2 is 1.94 bits per heavy atom. The highest BCUT2D eigenvalue weighted by Crippen LogP contribution is 2.09. The summed E-state index contributed by atoms with van der Waals surface area (Å²) >= 11 is 0. The van der Waals surface area contributed by atoms with E-state index in [-0.39, 0.29) is 11.9 Å². The maximum absolute atomic E-state index is 11.7. The molecule has 1 unspecified atom stereocenters. The van der Waals surface area contributed by atoms with E-state index in [2.05, 4.69) is 10.6 Å². The van der Waals surface area contributed by atoms with Gasteiger partial charge < -0.3 is 15.5 Å². The van der Waals surface area contributed by atoms with Gasteiger partial charge in [-0.25, -0.2) is 4.79 Å². The Morgan fingerprint density at radius 3 is 2.50 bits per heavy atom. The molecule has 0 saturated carbocycles. The summed E-state index contributed by atoms with van der Waals surface area (Å²) in [5.41, 5.74) is 1.77. The van der Waals surface area contributed by atoms with Crippen molar-refractivity contribution in [3.63, 3.8) is 0 Å². The number of carbonyl (C=O) groups excluding carboxylic acids is 2. The fourth-order valence-corrected chi connectivity index (χ4v) is 1.54. The van der Waals surface area contributed by atoms with Gasteiger partial charge in [-0.3, -0.25) is 4.79 Å².